The molecule has 0 radical (unpaired) electrons. The number of halogens is 2. The first-order valence-corrected chi connectivity index (χ1v) is 7.90. The predicted octanol–water partition coefficient (Wildman–Crippen LogP) is 3.21. The van der Waals surface area contributed by atoms with E-state index >= 15 is 0 Å². The van der Waals surface area contributed by atoms with Crippen LogP contribution in [0.4, 0.5) is 0 Å². The minimum Gasteiger partial charge on any atom is -0.304 e. The van der Waals surface area contributed by atoms with E-state index in [0.29, 0.717) is 0 Å². The molecule has 0 amide bonds. The zero-order valence-electron chi connectivity index (χ0n) is 11.6. The Morgan fingerprint density at radius 3 is 2.58 bits per heavy atom. The summed E-state index contributed by atoms with van der Waals surface area (Å²) in [5.74, 6) is 5.65. The second kappa shape index (κ2) is 8.93. The van der Waals surface area contributed by atoms with E-state index in [9.17, 15) is 0 Å². The van der Waals surface area contributed by atoms with E-state index < -0.39 is 0 Å². The van der Waals surface area contributed by atoms with Crippen molar-refractivity contribution in [2.75, 3.05) is 19.6 Å². The fraction of sp³-hybridized carbons (Fsp3) is 0.571. The van der Waals surface area contributed by atoms with Crippen molar-refractivity contribution in [1.29, 1.82) is 0 Å². The fourth-order valence-corrected chi connectivity index (χ4v) is 2.83. The lowest BCUT2D eigenvalue weighted by Gasteiger charge is -2.22. The second-order valence-corrected chi connectivity index (χ2v) is 5.94. The number of rotatable bonds is 8. The van der Waals surface area contributed by atoms with E-state index in [-0.39, 0.29) is 6.04 Å². The summed E-state index contributed by atoms with van der Waals surface area (Å²) in [4.78, 5) is 2.40. The topological polar surface area (TPSA) is 41.3 Å². The van der Waals surface area contributed by atoms with Gasteiger partial charge < -0.3 is 4.90 Å². The Balaban J connectivity index is 2.56. The van der Waals surface area contributed by atoms with Gasteiger partial charge in [0.05, 0.1) is 0 Å². The van der Waals surface area contributed by atoms with Crippen LogP contribution in [0.5, 0.6) is 0 Å². The lowest BCUT2D eigenvalue weighted by Crippen LogP contribution is -2.39. The summed E-state index contributed by atoms with van der Waals surface area (Å²) < 4.78 is 1.00. The van der Waals surface area contributed by atoms with Crippen LogP contribution in [0, 0.1) is 0 Å². The van der Waals surface area contributed by atoms with Gasteiger partial charge in [0.1, 0.15) is 0 Å². The van der Waals surface area contributed by atoms with Crippen LogP contribution >= 0.6 is 27.5 Å². The van der Waals surface area contributed by atoms with Gasteiger partial charge in [-0.1, -0.05) is 47.4 Å². The molecule has 0 aliphatic rings. The SMILES string of the molecule is CCN(CC)CCC(Cc1ccc(Br)cc1Cl)NN. The highest BCUT2D eigenvalue weighted by Gasteiger charge is 2.12. The second-order valence-electron chi connectivity index (χ2n) is 4.62. The van der Waals surface area contributed by atoms with Crippen LogP contribution in [0.25, 0.3) is 0 Å². The predicted molar refractivity (Wildman–Crippen MR) is 86.4 cm³/mol. The van der Waals surface area contributed by atoms with Crippen molar-refractivity contribution in [2.45, 2.75) is 32.7 Å². The molecule has 0 bridgehead atoms. The van der Waals surface area contributed by atoms with Gasteiger partial charge in [0.15, 0.2) is 0 Å². The Kier molecular flexibility index (Phi) is 7.95. The average molecular weight is 349 g/mol. The molecule has 0 saturated heterocycles. The molecule has 1 aromatic carbocycles. The van der Waals surface area contributed by atoms with Crippen LogP contribution in [-0.2, 0) is 6.42 Å². The van der Waals surface area contributed by atoms with E-state index in [1.54, 1.807) is 0 Å². The van der Waals surface area contributed by atoms with E-state index in [1.807, 2.05) is 18.2 Å². The maximum atomic E-state index is 6.24. The zero-order chi connectivity index (χ0) is 14.3. The van der Waals surface area contributed by atoms with Crippen LogP contribution in [0.1, 0.15) is 25.8 Å². The maximum Gasteiger partial charge on any atom is 0.0449 e. The molecule has 5 heteroatoms. The molecule has 0 fully saturated rings. The van der Waals surface area contributed by atoms with Gasteiger partial charge in [-0.2, -0.15) is 0 Å². The highest BCUT2D eigenvalue weighted by atomic mass is 79.9. The quantitative estimate of drug-likeness (QED) is 0.560. The van der Waals surface area contributed by atoms with Gasteiger partial charge in [-0.3, -0.25) is 11.3 Å². The number of benzene rings is 1. The standard InChI is InChI=1S/C14H23BrClN3/c1-3-19(4-2)8-7-13(18-17)9-11-5-6-12(15)10-14(11)16/h5-6,10,13,18H,3-4,7-9,17H2,1-2H3. The highest BCUT2D eigenvalue weighted by Crippen LogP contribution is 2.22. The van der Waals surface area contributed by atoms with Gasteiger partial charge in [0.2, 0.25) is 0 Å². The number of hydrazine groups is 1. The minimum atomic E-state index is 0.249. The average Bonchev–Trinajstić information content (AvgIpc) is 2.41. The van der Waals surface area contributed by atoms with Crippen molar-refractivity contribution >= 4 is 27.5 Å². The van der Waals surface area contributed by atoms with Gasteiger partial charge in [-0.25, -0.2) is 0 Å². The third-order valence-electron chi connectivity index (χ3n) is 3.41. The molecule has 19 heavy (non-hydrogen) atoms. The molecule has 0 heterocycles. The third kappa shape index (κ3) is 5.79. The van der Waals surface area contributed by atoms with Crippen molar-refractivity contribution in [3.05, 3.63) is 33.3 Å². The Labute approximate surface area is 129 Å². The first-order valence-electron chi connectivity index (χ1n) is 6.73. The van der Waals surface area contributed by atoms with Crippen LogP contribution in [0.3, 0.4) is 0 Å². The van der Waals surface area contributed by atoms with Crippen LogP contribution in [-0.4, -0.2) is 30.6 Å². The molecule has 1 rings (SSSR count). The molecule has 0 spiro atoms. The number of nitrogens with zero attached hydrogens (tertiary/aromatic N) is 1. The van der Waals surface area contributed by atoms with Gasteiger partial charge in [0, 0.05) is 15.5 Å². The van der Waals surface area contributed by atoms with Crippen molar-refractivity contribution in [1.82, 2.24) is 10.3 Å². The normalized spacial score (nSPS) is 12.9. The molecule has 0 aliphatic carbocycles. The Morgan fingerprint density at radius 2 is 2.05 bits per heavy atom. The maximum absolute atomic E-state index is 6.24. The van der Waals surface area contributed by atoms with Gasteiger partial charge in [-0.05, 0) is 50.2 Å². The molecule has 1 unspecified atom stereocenters. The summed E-state index contributed by atoms with van der Waals surface area (Å²) in [6.45, 7) is 7.57. The van der Waals surface area contributed by atoms with Crippen molar-refractivity contribution in [3.63, 3.8) is 0 Å². The minimum absolute atomic E-state index is 0.249. The number of hydrogen-bond acceptors (Lipinski definition) is 3. The van der Waals surface area contributed by atoms with Crippen molar-refractivity contribution in [3.8, 4) is 0 Å². The molecular formula is C14H23BrClN3. The van der Waals surface area contributed by atoms with Gasteiger partial charge in [-0.15, -0.1) is 0 Å². The lowest BCUT2D eigenvalue weighted by atomic mass is 10.0. The summed E-state index contributed by atoms with van der Waals surface area (Å²) in [6, 6.07) is 6.24. The Bertz CT molecular complexity index is 383. The summed E-state index contributed by atoms with van der Waals surface area (Å²) >= 11 is 9.66. The Hall–Kier alpha value is -0.130. The van der Waals surface area contributed by atoms with Crippen molar-refractivity contribution in [2.24, 2.45) is 5.84 Å². The summed E-state index contributed by atoms with van der Waals surface area (Å²) in [5.41, 5.74) is 4.03. The van der Waals surface area contributed by atoms with E-state index in [2.05, 4.69) is 40.1 Å². The van der Waals surface area contributed by atoms with Crippen molar-refractivity contribution < 1.29 is 0 Å². The molecule has 0 aromatic heterocycles. The molecule has 108 valence electrons. The van der Waals surface area contributed by atoms with E-state index in [4.69, 9.17) is 17.4 Å². The zero-order valence-corrected chi connectivity index (χ0v) is 14.0. The molecule has 3 N–H and O–H groups in total. The molecular weight excluding hydrogens is 326 g/mol. The van der Waals surface area contributed by atoms with Gasteiger partial charge in [0.25, 0.3) is 0 Å². The number of hydrogen-bond donors (Lipinski definition) is 2. The third-order valence-corrected chi connectivity index (χ3v) is 4.25. The monoisotopic (exact) mass is 347 g/mol. The largest absolute Gasteiger partial charge is 0.304 e. The van der Waals surface area contributed by atoms with Gasteiger partial charge >= 0.3 is 0 Å². The summed E-state index contributed by atoms with van der Waals surface area (Å²) in [6.07, 6.45) is 1.87. The first-order chi connectivity index (χ1) is 9.10. The number of nitrogens with two attached hydrogens (primary N) is 1. The molecule has 1 atom stereocenters. The van der Waals surface area contributed by atoms with Crippen LogP contribution in [0.15, 0.2) is 22.7 Å². The highest BCUT2D eigenvalue weighted by molar-refractivity contribution is 9.10. The number of nitrogens with one attached hydrogen (secondary N) is 1. The lowest BCUT2D eigenvalue weighted by molar-refractivity contribution is 0.281. The summed E-state index contributed by atoms with van der Waals surface area (Å²) in [5, 5.41) is 0.789. The first kappa shape index (κ1) is 16.9. The van der Waals surface area contributed by atoms with E-state index in [0.717, 1.165) is 47.5 Å². The molecule has 1 aromatic rings. The smallest absolute Gasteiger partial charge is 0.0449 e. The molecule has 3 nitrogen and oxygen atoms in total. The molecule has 0 saturated carbocycles. The van der Waals surface area contributed by atoms with Crippen LogP contribution in [0.2, 0.25) is 5.02 Å². The molecule has 0 aliphatic heterocycles. The fourth-order valence-electron chi connectivity index (χ4n) is 2.08. The summed E-state index contributed by atoms with van der Waals surface area (Å²) in [7, 11) is 0. The van der Waals surface area contributed by atoms with Crippen LogP contribution < -0.4 is 11.3 Å². The Morgan fingerprint density at radius 1 is 1.37 bits per heavy atom. The van der Waals surface area contributed by atoms with E-state index in [1.165, 1.54) is 0 Å².